The molecule has 0 atom stereocenters. The maximum absolute atomic E-state index is 4.44. The molecule has 0 fully saturated rings. The number of alkyl halides is 1. The van der Waals surface area contributed by atoms with Gasteiger partial charge in [0, 0.05) is 25.1 Å². The Hall–Kier alpha value is -1.09. The average Bonchev–Trinajstić information content (AvgIpc) is 2.42. The van der Waals surface area contributed by atoms with Crippen LogP contribution in [0.25, 0.3) is 5.70 Å². The van der Waals surface area contributed by atoms with E-state index in [1.165, 1.54) is 24.1 Å². The van der Waals surface area contributed by atoms with Crippen LogP contribution in [-0.2, 0) is 0 Å². The highest BCUT2D eigenvalue weighted by atomic mass is 79.9. The van der Waals surface area contributed by atoms with Gasteiger partial charge in [0.1, 0.15) is 0 Å². The summed E-state index contributed by atoms with van der Waals surface area (Å²) in [5.74, 6) is 0. The van der Waals surface area contributed by atoms with Crippen molar-refractivity contribution in [1.82, 2.24) is 9.88 Å². The van der Waals surface area contributed by atoms with Gasteiger partial charge in [-0.3, -0.25) is 4.98 Å². The molecule has 1 aromatic heterocycles. The summed E-state index contributed by atoms with van der Waals surface area (Å²) < 4.78 is 0. The number of likely N-dealkylation sites (N-methyl/N-ethyl adjacent to an activating group) is 1. The minimum Gasteiger partial charge on any atom is -0.369 e. The van der Waals surface area contributed by atoms with Crippen molar-refractivity contribution < 1.29 is 0 Å². The molecule has 3 heteroatoms. The third kappa shape index (κ3) is 3.45. The molecule has 96 valence electrons. The molecule has 0 radical (unpaired) electrons. The van der Waals surface area contributed by atoms with Crippen LogP contribution in [-0.4, -0.2) is 28.8 Å². The molecule has 0 bridgehead atoms. The van der Waals surface area contributed by atoms with Crippen molar-refractivity contribution in [1.29, 1.82) is 0 Å². The van der Waals surface area contributed by atoms with Crippen molar-refractivity contribution in [2.24, 2.45) is 0 Å². The van der Waals surface area contributed by atoms with E-state index in [0.717, 1.165) is 24.0 Å². The van der Waals surface area contributed by atoms with Gasteiger partial charge in [-0.2, -0.15) is 0 Å². The molecule has 0 aromatic carbocycles. The van der Waals surface area contributed by atoms with E-state index in [1.54, 1.807) is 0 Å². The topological polar surface area (TPSA) is 16.1 Å². The molecule has 18 heavy (non-hydrogen) atoms. The monoisotopic (exact) mass is 306 g/mol. The van der Waals surface area contributed by atoms with E-state index < -0.39 is 0 Å². The van der Waals surface area contributed by atoms with Crippen LogP contribution >= 0.6 is 15.9 Å². The van der Waals surface area contributed by atoms with Crippen LogP contribution in [0.15, 0.2) is 42.1 Å². The van der Waals surface area contributed by atoms with E-state index in [1.807, 2.05) is 18.3 Å². The van der Waals surface area contributed by atoms with Gasteiger partial charge < -0.3 is 4.90 Å². The highest BCUT2D eigenvalue weighted by Gasteiger charge is 2.12. The molecule has 1 aromatic rings. The SMILES string of the molecule is CN1CC=C(CCCCBr)C=C1c1ccccn1. The molecule has 0 spiro atoms. The maximum atomic E-state index is 4.44. The van der Waals surface area contributed by atoms with Gasteiger partial charge in [0.25, 0.3) is 0 Å². The Kier molecular flexibility index (Phi) is 5.00. The quantitative estimate of drug-likeness (QED) is 0.606. The zero-order chi connectivity index (χ0) is 12.8. The summed E-state index contributed by atoms with van der Waals surface area (Å²) in [6.07, 6.45) is 10.1. The first-order valence-electron chi connectivity index (χ1n) is 6.40. The van der Waals surface area contributed by atoms with Crippen LogP contribution < -0.4 is 0 Å². The average molecular weight is 307 g/mol. The number of pyridine rings is 1. The molecule has 0 saturated carbocycles. The molecular formula is C15H19BrN2. The lowest BCUT2D eigenvalue weighted by Gasteiger charge is -2.25. The van der Waals surface area contributed by atoms with Crippen molar-refractivity contribution in [3.8, 4) is 0 Å². The summed E-state index contributed by atoms with van der Waals surface area (Å²) in [4.78, 5) is 6.69. The minimum atomic E-state index is 0.978. The Bertz CT molecular complexity index is 437. The Morgan fingerprint density at radius 1 is 1.33 bits per heavy atom. The van der Waals surface area contributed by atoms with Crippen LogP contribution in [0.1, 0.15) is 25.0 Å². The maximum Gasteiger partial charge on any atom is 0.0863 e. The molecule has 0 unspecified atom stereocenters. The Labute approximate surface area is 118 Å². The third-order valence-corrected chi connectivity index (χ3v) is 3.70. The van der Waals surface area contributed by atoms with E-state index in [2.05, 4.69) is 51.1 Å². The number of nitrogens with zero attached hydrogens (tertiary/aromatic N) is 2. The number of allylic oxidation sites excluding steroid dienone is 2. The molecule has 0 amide bonds. The van der Waals surface area contributed by atoms with Crippen molar-refractivity contribution in [2.75, 3.05) is 18.9 Å². The smallest absolute Gasteiger partial charge is 0.0863 e. The molecule has 1 aliphatic heterocycles. The standard InChI is InChI=1S/C15H19BrN2/c1-18-11-8-13(6-2-4-9-16)12-15(18)14-7-3-5-10-17-14/h3,5,7-8,10,12H,2,4,6,9,11H2,1H3. The summed E-state index contributed by atoms with van der Waals surface area (Å²) >= 11 is 3.48. The van der Waals surface area contributed by atoms with Gasteiger partial charge in [0.2, 0.25) is 0 Å². The number of aromatic nitrogens is 1. The number of hydrogen-bond donors (Lipinski definition) is 0. The van der Waals surface area contributed by atoms with Gasteiger partial charge in [-0.15, -0.1) is 0 Å². The predicted octanol–water partition coefficient (Wildman–Crippen LogP) is 3.86. The lowest BCUT2D eigenvalue weighted by molar-refractivity contribution is 0.524. The number of unbranched alkanes of at least 4 members (excludes halogenated alkanes) is 1. The molecule has 2 nitrogen and oxygen atoms in total. The fourth-order valence-electron chi connectivity index (χ4n) is 2.08. The Balaban J connectivity index is 2.10. The third-order valence-electron chi connectivity index (χ3n) is 3.14. The Morgan fingerprint density at radius 2 is 2.22 bits per heavy atom. The number of halogens is 1. The second kappa shape index (κ2) is 6.74. The molecule has 0 saturated heterocycles. The van der Waals surface area contributed by atoms with Crippen molar-refractivity contribution >= 4 is 21.6 Å². The normalized spacial score (nSPS) is 15.3. The second-order valence-corrected chi connectivity index (χ2v) is 5.34. The zero-order valence-electron chi connectivity index (χ0n) is 10.8. The molecule has 2 rings (SSSR count). The van der Waals surface area contributed by atoms with E-state index >= 15 is 0 Å². The van der Waals surface area contributed by atoms with Gasteiger partial charge in [-0.1, -0.05) is 28.1 Å². The van der Waals surface area contributed by atoms with Crippen LogP contribution in [0.4, 0.5) is 0 Å². The number of hydrogen-bond acceptors (Lipinski definition) is 2. The molecule has 1 aliphatic rings. The van der Waals surface area contributed by atoms with Gasteiger partial charge in [0.15, 0.2) is 0 Å². The van der Waals surface area contributed by atoms with Gasteiger partial charge in [-0.25, -0.2) is 0 Å². The van der Waals surface area contributed by atoms with Crippen molar-refractivity contribution in [3.63, 3.8) is 0 Å². The summed E-state index contributed by atoms with van der Waals surface area (Å²) in [7, 11) is 2.12. The molecule has 2 heterocycles. The van der Waals surface area contributed by atoms with E-state index in [9.17, 15) is 0 Å². The van der Waals surface area contributed by atoms with Crippen molar-refractivity contribution in [2.45, 2.75) is 19.3 Å². The van der Waals surface area contributed by atoms with Gasteiger partial charge in [-0.05, 0) is 43.0 Å². The fraction of sp³-hybridized carbons (Fsp3) is 0.400. The highest BCUT2D eigenvalue weighted by molar-refractivity contribution is 9.09. The van der Waals surface area contributed by atoms with Gasteiger partial charge >= 0.3 is 0 Å². The zero-order valence-corrected chi connectivity index (χ0v) is 12.4. The van der Waals surface area contributed by atoms with Crippen LogP contribution in [0, 0.1) is 0 Å². The highest BCUT2D eigenvalue weighted by Crippen LogP contribution is 2.24. The van der Waals surface area contributed by atoms with Crippen LogP contribution in [0.5, 0.6) is 0 Å². The summed E-state index contributed by atoms with van der Waals surface area (Å²) in [5.41, 5.74) is 3.73. The van der Waals surface area contributed by atoms with E-state index in [-0.39, 0.29) is 0 Å². The Morgan fingerprint density at radius 3 is 2.94 bits per heavy atom. The van der Waals surface area contributed by atoms with Crippen LogP contribution in [0.3, 0.4) is 0 Å². The first-order valence-corrected chi connectivity index (χ1v) is 7.52. The lowest BCUT2D eigenvalue weighted by Crippen LogP contribution is -2.20. The second-order valence-electron chi connectivity index (χ2n) is 4.55. The molecule has 0 aliphatic carbocycles. The van der Waals surface area contributed by atoms with Crippen LogP contribution in [0.2, 0.25) is 0 Å². The first-order chi connectivity index (χ1) is 8.81. The van der Waals surface area contributed by atoms with E-state index in [0.29, 0.717) is 0 Å². The van der Waals surface area contributed by atoms with Crippen molar-refractivity contribution in [3.05, 3.63) is 47.8 Å². The first kappa shape index (κ1) is 13.3. The van der Waals surface area contributed by atoms with E-state index in [4.69, 9.17) is 0 Å². The molecule has 0 N–H and O–H groups in total. The summed E-state index contributed by atoms with van der Waals surface area (Å²) in [6.45, 7) is 0.978. The molecular weight excluding hydrogens is 288 g/mol. The predicted molar refractivity (Wildman–Crippen MR) is 80.6 cm³/mol. The number of rotatable bonds is 5. The minimum absolute atomic E-state index is 0.978. The summed E-state index contributed by atoms with van der Waals surface area (Å²) in [6, 6.07) is 6.07. The van der Waals surface area contributed by atoms with Gasteiger partial charge in [0.05, 0.1) is 11.4 Å². The largest absolute Gasteiger partial charge is 0.369 e. The fourth-order valence-corrected chi connectivity index (χ4v) is 2.48. The summed E-state index contributed by atoms with van der Waals surface area (Å²) in [5, 5.41) is 1.09. The lowest BCUT2D eigenvalue weighted by atomic mass is 10.0.